The van der Waals surface area contributed by atoms with Crippen LogP contribution in [0, 0.1) is 19.8 Å². The van der Waals surface area contributed by atoms with Gasteiger partial charge in [0.2, 0.25) is 5.88 Å². The third-order valence-corrected chi connectivity index (χ3v) is 7.55. The molecule has 2 aromatic rings. The second kappa shape index (κ2) is 8.96. The van der Waals surface area contributed by atoms with E-state index < -0.39 is 10.2 Å². The van der Waals surface area contributed by atoms with Gasteiger partial charge in [-0.2, -0.15) is 22.1 Å². The number of piperidine rings is 1. The quantitative estimate of drug-likeness (QED) is 0.664. The molecule has 0 aliphatic carbocycles. The van der Waals surface area contributed by atoms with Crippen molar-refractivity contribution in [2.24, 2.45) is 5.92 Å². The molecule has 4 rings (SSSR count). The SMILES string of the molecule is Cc1cc(C)n(-c2cc(OCC3CCN(S(=O)(=O)N4CCOCC4)CC3)ncn2)n1. The fourth-order valence-electron chi connectivity index (χ4n) is 3.84. The number of aromatic nitrogens is 4. The summed E-state index contributed by atoms with van der Waals surface area (Å²) in [5, 5.41) is 4.44. The summed E-state index contributed by atoms with van der Waals surface area (Å²) in [6, 6.07) is 3.76. The van der Waals surface area contributed by atoms with Crippen molar-refractivity contribution in [3.8, 4) is 11.7 Å². The normalized spacial score (nSPS) is 19.8. The van der Waals surface area contributed by atoms with Gasteiger partial charge in [-0.1, -0.05) is 0 Å². The van der Waals surface area contributed by atoms with Crippen LogP contribution in [0.2, 0.25) is 0 Å². The van der Waals surface area contributed by atoms with E-state index in [1.54, 1.807) is 15.1 Å². The summed E-state index contributed by atoms with van der Waals surface area (Å²) in [5.41, 5.74) is 1.92. The molecule has 0 aromatic carbocycles. The molecule has 2 aliphatic heterocycles. The van der Waals surface area contributed by atoms with Gasteiger partial charge >= 0.3 is 0 Å². The van der Waals surface area contributed by atoms with Crippen molar-refractivity contribution in [2.45, 2.75) is 26.7 Å². The van der Waals surface area contributed by atoms with Crippen LogP contribution in [0.1, 0.15) is 24.2 Å². The lowest BCUT2D eigenvalue weighted by Crippen LogP contribution is -2.51. The Balaban J connectivity index is 1.31. The first-order valence-electron chi connectivity index (χ1n) is 10.2. The summed E-state index contributed by atoms with van der Waals surface area (Å²) in [5.74, 6) is 1.45. The summed E-state index contributed by atoms with van der Waals surface area (Å²) < 4.78 is 41.6. The number of morpholine rings is 1. The van der Waals surface area contributed by atoms with Crippen molar-refractivity contribution >= 4 is 10.2 Å². The summed E-state index contributed by atoms with van der Waals surface area (Å²) in [6.45, 7) is 7.20. The summed E-state index contributed by atoms with van der Waals surface area (Å²) >= 11 is 0. The van der Waals surface area contributed by atoms with E-state index in [0.29, 0.717) is 57.7 Å². The molecule has 11 heteroatoms. The average Bonchev–Trinajstić information content (AvgIpc) is 3.11. The minimum absolute atomic E-state index is 0.285. The highest BCUT2D eigenvalue weighted by Crippen LogP contribution is 2.23. The Morgan fingerprint density at radius 1 is 1.07 bits per heavy atom. The van der Waals surface area contributed by atoms with Crippen LogP contribution in [-0.4, -0.2) is 82.8 Å². The molecular formula is C19H28N6O4S. The van der Waals surface area contributed by atoms with Gasteiger partial charge in [0.15, 0.2) is 5.82 Å². The molecule has 0 radical (unpaired) electrons. The van der Waals surface area contributed by atoms with E-state index in [0.717, 1.165) is 24.2 Å². The third-order valence-electron chi connectivity index (χ3n) is 5.52. The predicted molar refractivity (Wildman–Crippen MR) is 110 cm³/mol. The maximum Gasteiger partial charge on any atom is 0.282 e. The lowest BCUT2D eigenvalue weighted by Gasteiger charge is -2.36. The summed E-state index contributed by atoms with van der Waals surface area (Å²) in [4.78, 5) is 8.48. The Kier molecular flexibility index (Phi) is 6.32. The highest BCUT2D eigenvalue weighted by molar-refractivity contribution is 7.86. The van der Waals surface area contributed by atoms with Crippen molar-refractivity contribution in [3.63, 3.8) is 0 Å². The van der Waals surface area contributed by atoms with Gasteiger partial charge in [0, 0.05) is 37.9 Å². The van der Waals surface area contributed by atoms with E-state index in [1.165, 1.54) is 10.6 Å². The van der Waals surface area contributed by atoms with E-state index in [4.69, 9.17) is 9.47 Å². The number of nitrogens with zero attached hydrogens (tertiary/aromatic N) is 6. The molecule has 0 unspecified atom stereocenters. The first-order chi connectivity index (χ1) is 14.4. The van der Waals surface area contributed by atoms with Gasteiger partial charge in [0.25, 0.3) is 10.2 Å². The van der Waals surface area contributed by atoms with Crippen molar-refractivity contribution in [3.05, 3.63) is 29.8 Å². The van der Waals surface area contributed by atoms with Gasteiger partial charge < -0.3 is 9.47 Å². The number of aryl methyl sites for hydroxylation is 2. The van der Waals surface area contributed by atoms with Crippen molar-refractivity contribution in [1.82, 2.24) is 28.4 Å². The van der Waals surface area contributed by atoms with Crippen LogP contribution in [0.25, 0.3) is 5.82 Å². The highest BCUT2D eigenvalue weighted by Gasteiger charge is 2.33. The molecule has 2 aromatic heterocycles. The van der Waals surface area contributed by atoms with Crippen LogP contribution in [0.3, 0.4) is 0 Å². The van der Waals surface area contributed by atoms with E-state index in [2.05, 4.69) is 15.1 Å². The molecular weight excluding hydrogens is 408 g/mol. The second-order valence-corrected chi connectivity index (χ2v) is 9.65. The molecule has 2 aliphatic rings. The molecule has 0 atom stereocenters. The Bertz CT molecular complexity index is 965. The van der Waals surface area contributed by atoms with E-state index in [-0.39, 0.29) is 5.92 Å². The van der Waals surface area contributed by atoms with Crippen molar-refractivity contribution < 1.29 is 17.9 Å². The topological polar surface area (TPSA) is 103 Å². The zero-order chi connectivity index (χ0) is 21.1. The number of hydrogen-bond donors (Lipinski definition) is 0. The Hall–Kier alpha value is -2.08. The summed E-state index contributed by atoms with van der Waals surface area (Å²) in [7, 11) is -3.40. The van der Waals surface area contributed by atoms with E-state index in [1.807, 2.05) is 19.9 Å². The van der Waals surface area contributed by atoms with Gasteiger partial charge in [-0.15, -0.1) is 0 Å². The fourth-order valence-corrected chi connectivity index (χ4v) is 5.45. The number of hydrogen-bond acceptors (Lipinski definition) is 7. The molecule has 2 saturated heterocycles. The van der Waals surface area contributed by atoms with Gasteiger partial charge in [-0.3, -0.25) is 0 Å². The molecule has 0 spiro atoms. The first kappa shape index (κ1) is 21.2. The predicted octanol–water partition coefficient (Wildman–Crippen LogP) is 0.947. The van der Waals surface area contributed by atoms with Crippen LogP contribution in [0.15, 0.2) is 18.5 Å². The second-order valence-electron chi connectivity index (χ2n) is 7.73. The molecule has 0 bridgehead atoms. The van der Waals surface area contributed by atoms with Gasteiger partial charge in [0.1, 0.15) is 6.33 Å². The zero-order valence-corrected chi connectivity index (χ0v) is 18.2. The fraction of sp³-hybridized carbons (Fsp3) is 0.632. The van der Waals surface area contributed by atoms with Crippen molar-refractivity contribution in [1.29, 1.82) is 0 Å². The maximum absolute atomic E-state index is 12.8. The zero-order valence-electron chi connectivity index (χ0n) is 17.4. The van der Waals surface area contributed by atoms with Crippen LogP contribution in [0.4, 0.5) is 0 Å². The van der Waals surface area contributed by atoms with Crippen molar-refractivity contribution in [2.75, 3.05) is 46.0 Å². The van der Waals surface area contributed by atoms with E-state index >= 15 is 0 Å². The van der Waals surface area contributed by atoms with Crippen LogP contribution in [-0.2, 0) is 14.9 Å². The molecule has 30 heavy (non-hydrogen) atoms. The Labute approximate surface area is 177 Å². The first-order valence-corrected chi connectivity index (χ1v) is 11.6. The molecule has 10 nitrogen and oxygen atoms in total. The Morgan fingerprint density at radius 3 is 2.43 bits per heavy atom. The van der Waals surface area contributed by atoms with Gasteiger partial charge in [0.05, 0.1) is 25.5 Å². The molecule has 0 amide bonds. The average molecular weight is 437 g/mol. The molecule has 0 N–H and O–H groups in total. The molecule has 4 heterocycles. The largest absolute Gasteiger partial charge is 0.477 e. The number of rotatable bonds is 6. The Morgan fingerprint density at radius 2 is 1.77 bits per heavy atom. The highest BCUT2D eigenvalue weighted by atomic mass is 32.2. The molecule has 0 saturated carbocycles. The third kappa shape index (κ3) is 4.64. The molecule has 2 fully saturated rings. The monoisotopic (exact) mass is 436 g/mol. The summed E-state index contributed by atoms with van der Waals surface area (Å²) in [6.07, 6.45) is 3.00. The standard InChI is InChI=1S/C19H28N6O4S/c1-15-11-16(2)25(22-15)18-12-19(21-14-20-18)29-13-17-3-5-23(6-4-17)30(26,27)24-7-9-28-10-8-24/h11-12,14,17H,3-10,13H2,1-2H3. The van der Waals surface area contributed by atoms with Crippen LogP contribution in [0.5, 0.6) is 5.88 Å². The lowest BCUT2D eigenvalue weighted by molar-refractivity contribution is 0.0689. The maximum atomic E-state index is 12.8. The van der Waals surface area contributed by atoms with E-state index in [9.17, 15) is 8.42 Å². The van der Waals surface area contributed by atoms with Crippen LogP contribution >= 0.6 is 0 Å². The van der Waals surface area contributed by atoms with Crippen LogP contribution < -0.4 is 4.74 Å². The van der Waals surface area contributed by atoms with Gasteiger partial charge in [-0.05, 0) is 38.7 Å². The minimum Gasteiger partial charge on any atom is -0.477 e. The van der Waals surface area contributed by atoms with Gasteiger partial charge in [-0.25, -0.2) is 14.6 Å². The molecule has 164 valence electrons. The lowest BCUT2D eigenvalue weighted by atomic mass is 9.99. The number of ether oxygens (including phenoxy) is 2. The minimum atomic E-state index is -3.40. The smallest absolute Gasteiger partial charge is 0.282 e.